The predicted molar refractivity (Wildman–Crippen MR) is 102 cm³/mol. The fraction of sp³-hybridized carbons (Fsp3) is 0.100. The summed E-state index contributed by atoms with van der Waals surface area (Å²) in [5, 5.41) is 4.55. The van der Waals surface area contributed by atoms with Crippen molar-refractivity contribution in [1.82, 2.24) is 9.97 Å². The lowest BCUT2D eigenvalue weighted by atomic mass is 10.1. The van der Waals surface area contributed by atoms with E-state index in [1.165, 1.54) is 16.0 Å². The van der Waals surface area contributed by atoms with Crippen molar-refractivity contribution >= 4 is 33.1 Å². The van der Waals surface area contributed by atoms with Crippen LogP contribution in [0.25, 0.3) is 20.7 Å². The third-order valence-electron chi connectivity index (χ3n) is 4.04. The predicted octanol–water partition coefficient (Wildman–Crippen LogP) is 5.66. The minimum atomic E-state index is 0.860. The van der Waals surface area contributed by atoms with Gasteiger partial charge in [-0.2, -0.15) is 0 Å². The number of nitrogens with zero attached hydrogens (tertiary/aromatic N) is 2. The van der Waals surface area contributed by atoms with Gasteiger partial charge in [0.2, 0.25) is 0 Å². The van der Waals surface area contributed by atoms with Crippen molar-refractivity contribution in [1.29, 1.82) is 0 Å². The van der Waals surface area contributed by atoms with Crippen LogP contribution in [0.5, 0.6) is 0 Å². The molecule has 2 aromatic carbocycles. The van der Waals surface area contributed by atoms with Crippen LogP contribution in [0.4, 0.5) is 11.5 Å². The fourth-order valence-corrected chi connectivity index (χ4v) is 3.78. The SMILES string of the molecule is CCc1ccccc1Nc1ncnc2sc(-c3ccccc3)cc12. The first-order chi connectivity index (χ1) is 11.8. The van der Waals surface area contributed by atoms with E-state index in [-0.39, 0.29) is 0 Å². The Morgan fingerprint density at radius 3 is 2.58 bits per heavy atom. The van der Waals surface area contributed by atoms with Crippen LogP contribution in [0.3, 0.4) is 0 Å². The summed E-state index contributed by atoms with van der Waals surface area (Å²) in [6.45, 7) is 2.16. The van der Waals surface area contributed by atoms with Crippen LogP contribution in [-0.2, 0) is 6.42 Å². The number of aromatic nitrogens is 2. The molecule has 4 aromatic rings. The Balaban J connectivity index is 1.78. The van der Waals surface area contributed by atoms with Gasteiger partial charge < -0.3 is 5.32 Å². The summed E-state index contributed by atoms with van der Waals surface area (Å²) in [6.07, 6.45) is 2.61. The molecule has 0 saturated carbocycles. The minimum Gasteiger partial charge on any atom is -0.339 e. The Morgan fingerprint density at radius 1 is 0.958 bits per heavy atom. The molecular formula is C20H17N3S. The van der Waals surface area contributed by atoms with Crippen molar-refractivity contribution < 1.29 is 0 Å². The molecule has 0 fully saturated rings. The van der Waals surface area contributed by atoms with Gasteiger partial charge in [-0.05, 0) is 29.7 Å². The maximum absolute atomic E-state index is 4.47. The first kappa shape index (κ1) is 14.8. The highest BCUT2D eigenvalue weighted by Crippen LogP contribution is 2.35. The Bertz CT molecular complexity index is 977. The van der Waals surface area contributed by atoms with E-state index in [0.717, 1.165) is 28.1 Å². The lowest BCUT2D eigenvalue weighted by Crippen LogP contribution is -1.97. The molecule has 0 radical (unpaired) electrons. The molecule has 0 aliphatic heterocycles. The lowest BCUT2D eigenvalue weighted by molar-refractivity contribution is 1.14. The van der Waals surface area contributed by atoms with Gasteiger partial charge in [0.25, 0.3) is 0 Å². The summed E-state index contributed by atoms with van der Waals surface area (Å²) in [7, 11) is 0. The Hall–Kier alpha value is -2.72. The van der Waals surface area contributed by atoms with E-state index in [1.807, 2.05) is 12.1 Å². The zero-order valence-electron chi connectivity index (χ0n) is 13.4. The molecule has 0 unspecified atom stereocenters. The van der Waals surface area contributed by atoms with Gasteiger partial charge in [-0.1, -0.05) is 55.5 Å². The van der Waals surface area contributed by atoms with E-state index in [0.29, 0.717) is 0 Å². The van der Waals surface area contributed by atoms with Gasteiger partial charge in [0.15, 0.2) is 0 Å². The second kappa shape index (κ2) is 6.42. The van der Waals surface area contributed by atoms with Crippen LogP contribution in [0, 0.1) is 0 Å². The van der Waals surface area contributed by atoms with Crippen molar-refractivity contribution in [2.24, 2.45) is 0 Å². The van der Waals surface area contributed by atoms with E-state index < -0.39 is 0 Å². The topological polar surface area (TPSA) is 37.8 Å². The molecule has 3 nitrogen and oxygen atoms in total. The van der Waals surface area contributed by atoms with E-state index in [2.05, 4.69) is 70.7 Å². The molecule has 0 spiro atoms. The van der Waals surface area contributed by atoms with Gasteiger partial charge in [0.05, 0.1) is 5.39 Å². The van der Waals surface area contributed by atoms with Gasteiger partial charge in [-0.15, -0.1) is 11.3 Å². The summed E-state index contributed by atoms with van der Waals surface area (Å²) in [5.41, 5.74) is 3.59. The second-order valence-electron chi connectivity index (χ2n) is 5.55. The molecule has 118 valence electrons. The molecule has 0 aliphatic carbocycles. The number of para-hydroxylation sites is 1. The first-order valence-electron chi connectivity index (χ1n) is 8.00. The quantitative estimate of drug-likeness (QED) is 0.524. The molecular weight excluding hydrogens is 314 g/mol. The molecule has 0 bridgehead atoms. The van der Waals surface area contributed by atoms with E-state index in [4.69, 9.17) is 0 Å². The van der Waals surface area contributed by atoms with Crippen molar-refractivity contribution in [2.75, 3.05) is 5.32 Å². The molecule has 2 heterocycles. The number of hydrogen-bond acceptors (Lipinski definition) is 4. The van der Waals surface area contributed by atoms with Crippen LogP contribution in [-0.4, -0.2) is 9.97 Å². The Morgan fingerprint density at radius 2 is 1.75 bits per heavy atom. The van der Waals surface area contributed by atoms with Crippen molar-refractivity contribution in [3.63, 3.8) is 0 Å². The van der Waals surface area contributed by atoms with Crippen LogP contribution in [0.1, 0.15) is 12.5 Å². The smallest absolute Gasteiger partial charge is 0.142 e. The number of anilines is 2. The molecule has 4 rings (SSSR count). The third-order valence-corrected chi connectivity index (χ3v) is 5.13. The van der Waals surface area contributed by atoms with Crippen LogP contribution >= 0.6 is 11.3 Å². The van der Waals surface area contributed by atoms with Crippen LogP contribution in [0.2, 0.25) is 0 Å². The van der Waals surface area contributed by atoms with Gasteiger partial charge in [-0.3, -0.25) is 0 Å². The zero-order chi connectivity index (χ0) is 16.4. The number of hydrogen-bond donors (Lipinski definition) is 1. The minimum absolute atomic E-state index is 0.860. The van der Waals surface area contributed by atoms with Crippen molar-refractivity contribution in [3.8, 4) is 10.4 Å². The summed E-state index contributed by atoms with van der Waals surface area (Å²) >= 11 is 1.69. The van der Waals surface area contributed by atoms with Crippen LogP contribution < -0.4 is 5.32 Å². The average molecular weight is 331 g/mol. The lowest BCUT2D eigenvalue weighted by Gasteiger charge is -2.10. The number of thiophene rings is 1. The van der Waals surface area contributed by atoms with E-state index >= 15 is 0 Å². The zero-order valence-corrected chi connectivity index (χ0v) is 14.2. The van der Waals surface area contributed by atoms with Crippen molar-refractivity contribution in [2.45, 2.75) is 13.3 Å². The summed E-state index contributed by atoms with van der Waals surface area (Å²) in [4.78, 5) is 11.1. The molecule has 0 aliphatic rings. The molecule has 4 heteroatoms. The first-order valence-corrected chi connectivity index (χ1v) is 8.81. The number of nitrogens with one attached hydrogen (secondary N) is 1. The Labute approximate surface area is 145 Å². The highest BCUT2D eigenvalue weighted by molar-refractivity contribution is 7.21. The highest BCUT2D eigenvalue weighted by Gasteiger charge is 2.11. The number of benzene rings is 2. The summed E-state index contributed by atoms with van der Waals surface area (Å²) < 4.78 is 0. The van der Waals surface area contributed by atoms with Gasteiger partial charge >= 0.3 is 0 Å². The molecule has 0 amide bonds. The van der Waals surface area contributed by atoms with Gasteiger partial charge in [0, 0.05) is 10.6 Å². The monoisotopic (exact) mass is 331 g/mol. The molecule has 0 atom stereocenters. The fourth-order valence-electron chi connectivity index (χ4n) is 2.78. The largest absolute Gasteiger partial charge is 0.339 e. The Kier molecular flexibility index (Phi) is 3.97. The third kappa shape index (κ3) is 2.76. The summed E-state index contributed by atoms with van der Waals surface area (Å²) in [6, 6.07) is 20.9. The average Bonchev–Trinajstić information content (AvgIpc) is 3.08. The maximum Gasteiger partial charge on any atom is 0.142 e. The number of aryl methyl sites for hydroxylation is 1. The molecule has 24 heavy (non-hydrogen) atoms. The number of fused-ring (bicyclic) bond motifs is 1. The van der Waals surface area contributed by atoms with Gasteiger partial charge in [0.1, 0.15) is 17.0 Å². The molecule has 1 N–H and O–H groups in total. The molecule has 0 saturated heterocycles. The van der Waals surface area contributed by atoms with Crippen molar-refractivity contribution in [3.05, 3.63) is 72.6 Å². The van der Waals surface area contributed by atoms with Crippen LogP contribution in [0.15, 0.2) is 67.0 Å². The van der Waals surface area contributed by atoms with E-state index in [9.17, 15) is 0 Å². The second-order valence-corrected chi connectivity index (χ2v) is 6.58. The maximum atomic E-state index is 4.47. The molecule has 2 aromatic heterocycles. The van der Waals surface area contributed by atoms with E-state index in [1.54, 1.807) is 17.7 Å². The van der Waals surface area contributed by atoms with Gasteiger partial charge in [-0.25, -0.2) is 9.97 Å². The highest BCUT2D eigenvalue weighted by atomic mass is 32.1. The number of rotatable bonds is 4. The standard InChI is InChI=1S/C20H17N3S/c1-2-14-8-6-7-11-17(14)23-19-16-12-18(15-9-4-3-5-10-15)24-20(16)22-13-21-19/h3-13H,2H2,1H3,(H,21,22,23). The normalized spacial score (nSPS) is 10.9. The summed E-state index contributed by atoms with van der Waals surface area (Å²) in [5.74, 6) is 0.860.